The zero-order chi connectivity index (χ0) is 17.9. The second-order valence-corrected chi connectivity index (χ2v) is 6.39. The summed E-state index contributed by atoms with van der Waals surface area (Å²) >= 11 is 0. The van der Waals surface area contributed by atoms with Crippen LogP contribution < -0.4 is 10.9 Å². The Bertz CT molecular complexity index is 992. The van der Waals surface area contributed by atoms with Crippen LogP contribution in [0.15, 0.2) is 59.4 Å². The molecule has 0 bridgehead atoms. The first kappa shape index (κ1) is 16.5. The van der Waals surface area contributed by atoms with Crippen molar-refractivity contribution in [3.63, 3.8) is 0 Å². The minimum absolute atomic E-state index is 0.243. The first-order valence-corrected chi connectivity index (χ1v) is 8.67. The zero-order valence-electron chi connectivity index (χ0n) is 14.2. The van der Waals surface area contributed by atoms with Gasteiger partial charge < -0.3 is 10.1 Å². The van der Waals surface area contributed by atoms with Gasteiger partial charge >= 0.3 is 0 Å². The Hall–Kier alpha value is -2.99. The molecule has 0 aliphatic carbocycles. The predicted octanol–water partition coefficient (Wildman–Crippen LogP) is 2.15. The molecule has 1 aromatic heterocycles. The third kappa shape index (κ3) is 3.11. The lowest BCUT2D eigenvalue weighted by Crippen LogP contribution is -2.33. The maximum Gasteiger partial charge on any atom is 0.279 e. The summed E-state index contributed by atoms with van der Waals surface area (Å²) in [6, 6.07) is 16.2. The summed E-state index contributed by atoms with van der Waals surface area (Å²) in [6.45, 7) is 1.94. The van der Waals surface area contributed by atoms with E-state index in [0.29, 0.717) is 35.5 Å². The van der Waals surface area contributed by atoms with Crippen molar-refractivity contribution in [1.29, 1.82) is 0 Å². The van der Waals surface area contributed by atoms with Crippen LogP contribution in [0.5, 0.6) is 0 Å². The number of ether oxygens (including phenoxy) is 1. The Morgan fingerprint density at radius 2 is 1.85 bits per heavy atom. The van der Waals surface area contributed by atoms with Crippen molar-refractivity contribution in [2.24, 2.45) is 5.92 Å². The maximum absolute atomic E-state index is 12.8. The molecule has 1 aliphatic heterocycles. The zero-order valence-corrected chi connectivity index (χ0v) is 14.2. The highest BCUT2D eigenvalue weighted by Gasteiger charge is 2.20. The smallest absolute Gasteiger partial charge is 0.279 e. The number of para-hydroxylation sites is 1. The van der Waals surface area contributed by atoms with Crippen LogP contribution in [-0.2, 0) is 4.74 Å². The van der Waals surface area contributed by atoms with Crippen LogP contribution in [-0.4, -0.2) is 35.4 Å². The summed E-state index contributed by atoms with van der Waals surface area (Å²) < 4.78 is 6.63. The lowest BCUT2D eigenvalue weighted by Gasteiger charge is -2.13. The lowest BCUT2D eigenvalue weighted by molar-refractivity contribution is 0.0940. The van der Waals surface area contributed by atoms with Crippen LogP contribution in [0.25, 0.3) is 16.5 Å². The van der Waals surface area contributed by atoms with Gasteiger partial charge in [0.1, 0.15) is 0 Å². The number of carbonyl (C=O) groups is 1. The quantitative estimate of drug-likeness (QED) is 0.783. The third-order valence-corrected chi connectivity index (χ3v) is 4.60. The molecule has 6 heteroatoms. The molecule has 1 aliphatic rings. The normalized spacial score (nSPS) is 16.7. The monoisotopic (exact) mass is 349 g/mol. The number of benzene rings is 2. The van der Waals surface area contributed by atoms with Gasteiger partial charge in [0.05, 0.1) is 17.7 Å². The van der Waals surface area contributed by atoms with Gasteiger partial charge in [-0.3, -0.25) is 9.59 Å². The van der Waals surface area contributed by atoms with Crippen LogP contribution in [0, 0.1) is 5.92 Å². The van der Waals surface area contributed by atoms with Crippen molar-refractivity contribution in [2.75, 3.05) is 19.8 Å². The van der Waals surface area contributed by atoms with Crippen LogP contribution in [0.4, 0.5) is 0 Å². The second-order valence-electron chi connectivity index (χ2n) is 6.39. The van der Waals surface area contributed by atoms with E-state index in [1.165, 1.54) is 4.68 Å². The maximum atomic E-state index is 12.8. The van der Waals surface area contributed by atoms with Gasteiger partial charge in [0.15, 0.2) is 5.69 Å². The Balaban J connectivity index is 1.76. The molecule has 0 saturated carbocycles. The fourth-order valence-electron chi connectivity index (χ4n) is 3.17. The second kappa shape index (κ2) is 7.09. The number of rotatable bonds is 4. The van der Waals surface area contributed by atoms with Crippen LogP contribution in [0.3, 0.4) is 0 Å². The molecule has 1 amide bonds. The third-order valence-electron chi connectivity index (χ3n) is 4.60. The first-order chi connectivity index (χ1) is 12.7. The van der Waals surface area contributed by atoms with E-state index in [4.69, 9.17) is 4.74 Å². The predicted molar refractivity (Wildman–Crippen MR) is 98.6 cm³/mol. The standard InChI is InChI=1S/C20H19N3O3/c24-19(21-12-14-10-11-26-13-14)18-16-8-4-5-9-17(16)20(25)23(22-18)15-6-2-1-3-7-15/h1-9,14H,10-13H2,(H,21,24). The van der Waals surface area contributed by atoms with Gasteiger partial charge in [-0.15, -0.1) is 0 Å². The minimum Gasteiger partial charge on any atom is -0.381 e. The van der Waals surface area contributed by atoms with E-state index in [-0.39, 0.29) is 17.2 Å². The van der Waals surface area contributed by atoms with E-state index in [9.17, 15) is 9.59 Å². The summed E-state index contributed by atoms with van der Waals surface area (Å²) in [6.07, 6.45) is 0.942. The molecule has 1 N–H and O–H groups in total. The molecule has 4 rings (SSSR count). The van der Waals surface area contributed by atoms with Gasteiger partial charge in [-0.25, -0.2) is 0 Å². The minimum atomic E-state index is -0.280. The van der Waals surface area contributed by atoms with Crippen molar-refractivity contribution >= 4 is 16.7 Å². The fourth-order valence-corrected chi connectivity index (χ4v) is 3.17. The first-order valence-electron chi connectivity index (χ1n) is 8.67. The molecule has 1 unspecified atom stereocenters. The molecule has 1 fully saturated rings. The van der Waals surface area contributed by atoms with Crippen LogP contribution in [0.1, 0.15) is 16.9 Å². The molecule has 132 valence electrons. The van der Waals surface area contributed by atoms with E-state index in [0.717, 1.165) is 13.0 Å². The van der Waals surface area contributed by atoms with Crippen molar-refractivity contribution in [3.8, 4) is 5.69 Å². The van der Waals surface area contributed by atoms with Gasteiger partial charge in [0, 0.05) is 24.5 Å². The van der Waals surface area contributed by atoms with Crippen molar-refractivity contribution in [1.82, 2.24) is 15.1 Å². The topological polar surface area (TPSA) is 73.2 Å². The number of nitrogens with zero attached hydrogens (tertiary/aromatic N) is 2. The van der Waals surface area contributed by atoms with Crippen LogP contribution >= 0.6 is 0 Å². The number of hydrogen-bond acceptors (Lipinski definition) is 4. The summed E-state index contributed by atoms with van der Waals surface area (Å²) in [5, 5.41) is 8.34. The molecular formula is C20H19N3O3. The molecule has 1 atom stereocenters. The van der Waals surface area contributed by atoms with E-state index >= 15 is 0 Å². The summed E-state index contributed by atoms with van der Waals surface area (Å²) in [5.74, 6) is 0.0445. The number of fused-ring (bicyclic) bond motifs is 1. The lowest BCUT2D eigenvalue weighted by atomic mass is 10.1. The molecule has 1 saturated heterocycles. The Labute approximate surface area is 150 Å². The van der Waals surface area contributed by atoms with Crippen molar-refractivity contribution < 1.29 is 9.53 Å². The molecule has 26 heavy (non-hydrogen) atoms. The SMILES string of the molecule is O=C(NCC1CCOC1)c1nn(-c2ccccc2)c(=O)c2ccccc12. The number of carbonyl (C=O) groups excluding carboxylic acids is 1. The molecular weight excluding hydrogens is 330 g/mol. The van der Waals surface area contributed by atoms with Gasteiger partial charge in [-0.1, -0.05) is 36.4 Å². The molecule has 0 radical (unpaired) electrons. The highest BCUT2D eigenvalue weighted by atomic mass is 16.5. The average Bonchev–Trinajstić information content (AvgIpc) is 3.21. The van der Waals surface area contributed by atoms with E-state index in [1.807, 2.05) is 18.2 Å². The van der Waals surface area contributed by atoms with Gasteiger partial charge in [0.2, 0.25) is 0 Å². The summed E-state index contributed by atoms with van der Waals surface area (Å²) in [4.78, 5) is 25.6. The Morgan fingerprint density at radius 3 is 2.58 bits per heavy atom. The largest absolute Gasteiger partial charge is 0.381 e. The molecule has 6 nitrogen and oxygen atoms in total. The molecule has 2 aromatic carbocycles. The fraction of sp³-hybridized carbons (Fsp3) is 0.250. The van der Waals surface area contributed by atoms with E-state index in [2.05, 4.69) is 10.4 Å². The van der Waals surface area contributed by atoms with E-state index < -0.39 is 0 Å². The van der Waals surface area contributed by atoms with Gasteiger partial charge in [0.25, 0.3) is 11.5 Å². The van der Waals surface area contributed by atoms with Gasteiger partial charge in [-0.05, 0) is 24.6 Å². The van der Waals surface area contributed by atoms with Crippen molar-refractivity contribution in [2.45, 2.75) is 6.42 Å². The highest BCUT2D eigenvalue weighted by molar-refractivity contribution is 6.04. The number of hydrogen-bond donors (Lipinski definition) is 1. The Kier molecular flexibility index (Phi) is 4.50. The summed E-state index contributed by atoms with van der Waals surface area (Å²) in [7, 11) is 0. The van der Waals surface area contributed by atoms with Crippen molar-refractivity contribution in [3.05, 3.63) is 70.6 Å². The molecule has 0 spiro atoms. The van der Waals surface area contributed by atoms with Crippen LogP contribution in [0.2, 0.25) is 0 Å². The summed E-state index contributed by atoms with van der Waals surface area (Å²) in [5.41, 5.74) is 0.636. The number of amides is 1. The molecule has 2 heterocycles. The molecule has 3 aromatic rings. The number of nitrogens with one attached hydrogen (secondary N) is 1. The van der Waals surface area contributed by atoms with Gasteiger partial charge in [-0.2, -0.15) is 9.78 Å². The number of aromatic nitrogens is 2. The average molecular weight is 349 g/mol. The van der Waals surface area contributed by atoms with E-state index in [1.54, 1.807) is 36.4 Å². The Morgan fingerprint density at radius 1 is 1.12 bits per heavy atom. The highest BCUT2D eigenvalue weighted by Crippen LogP contribution is 2.16.